The van der Waals surface area contributed by atoms with Gasteiger partial charge in [-0.1, -0.05) is 20.8 Å². The van der Waals surface area contributed by atoms with Crippen molar-refractivity contribution >= 4 is 5.78 Å². The lowest BCUT2D eigenvalue weighted by Gasteiger charge is -2.15. The minimum absolute atomic E-state index is 0.0887. The molecule has 1 fully saturated rings. The second-order valence-corrected chi connectivity index (χ2v) is 4.47. The van der Waals surface area contributed by atoms with Gasteiger partial charge in [0.15, 0.2) is 5.78 Å². The van der Waals surface area contributed by atoms with Crippen LogP contribution in [0, 0.1) is 5.41 Å². The zero-order valence-corrected chi connectivity index (χ0v) is 7.68. The summed E-state index contributed by atoms with van der Waals surface area (Å²) >= 11 is 0. The number of carbonyl (C=O) groups excluding carboxylic acids is 1. The predicted octanol–water partition coefficient (Wildman–Crippen LogP) is 1.78. The molecule has 0 aromatic rings. The largest absolute Gasteiger partial charge is 0.362 e. The van der Waals surface area contributed by atoms with Crippen LogP contribution in [0.4, 0.5) is 0 Å². The molecule has 2 nitrogen and oxygen atoms in total. The number of hydrogen-bond donors (Lipinski definition) is 0. The number of carbonyl (C=O) groups is 1. The van der Waals surface area contributed by atoms with E-state index in [2.05, 4.69) is 20.8 Å². The maximum Gasteiger partial charge on any atom is 0.164 e. The number of epoxide rings is 1. The molecule has 0 spiro atoms. The summed E-state index contributed by atoms with van der Waals surface area (Å²) in [5.74, 6) is 0.255. The van der Waals surface area contributed by atoms with Crippen LogP contribution in [0.2, 0.25) is 0 Å². The van der Waals surface area contributed by atoms with Crippen LogP contribution in [0.3, 0.4) is 0 Å². The standard InChI is InChI=1S/C9H16O2/c1-6-8(11-6)7(10)5-9(2,3)4/h6,8H,5H2,1-4H3/t6-,8-/m0/s1. The van der Waals surface area contributed by atoms with Crippen LogP contribution in [0.5, 0.6) is 0 Å². The van der Waals surface area contributed by atoms with Gasteiger partial charge < -0.3 is 4.74 Å². The van der Waals surface area contributed by atoms with Crippen LogP contribution >= 0.6 is 0 Å². The monoisotopic (exact) mass is 156 g/mol. The van der Waals surface area contributed by atoms with Crippen LogP contribution in [0.1, 0.15) is 34.1 Å². The Balaban J connectivity index is 2.33. The topological polar surface area (TPSA) is 29.6 Å². The van der Waals surface area contributed by atoms with Gasteiger partial charge in [-0.2, -0.15) is 0 Å². The Morgan fingerprint density at radius 2 is 1.91 bits per heavy atom. The molecule has 0 saturated carbocycles. The lowest BCUT2D eigenvalue weighted by Crippen LogP contribution is -2.17. The van der Waals surface area contributed by atoms with E-state index in [4.69, 9.17) is 4.74 Å². The minimum atomic E-state index is -0.0887. The minimum Gasteiger partial charge on any atom is -0.362 e. The van der Waals surface area contributed by atoms with Crippen LogP contribution in [-0.2, 0) is 9.53 Å². The number of Topliss-reactive ketones (excluding diaryl/α,β-unsaturated/α-hetero) is 1. The molecule has 0 aliphatic carbocycles. The summed E-state index contributed by atoms with van der Waals surface area (Å²) in [7, 11) is 0. The highest BCUT2D eigenvalue weighted by Gasteiger charge is 2.41. The molecule has 1 rings (SSSR count). The van der Waals surface area contributed by atoms with Crippen molar-refractivity contribution in [2.45, 2.75) is 46.3 Å². The first-order valence-electron chi connectivity index (χ1n) is 4.08. The Kier molecular flexibility index (Phi) is 2.06. The summed E-state index contributed by atoms with van der Waals surface area (Å²) in [6.45, 7) is 8.14. The molecule has 1 heterocycles. The molecule has 0 radical (unpaired) electrons. The maximum atomic E-state index is 11.3. The summed E-state index contributed by atoms with van der Waals surface area (Å²) in [6, 6.07) is 0. The van der Waals surface area contributed by atoms with Crippen LogP contribution in [0.15, 0.2) is 0 Å². The molecule has 1 saturated heterocycles. The molecule has 0 unspecified atom stereocenters. The molecule has 1 aliphatic rings. The van der Waals surface area contributed by atoms with Gasteiger partial charge in [0.05, 0.1) is 6.10 Å². The Labute approximate surface area is 67.9 Å². The first-order chi connectivity index (χ1) is 4.90. The second-order valence-electron chi connectivity index (χ2n) is 4.47. The van der Waals surface area contributed by atoms with E-state index in [0.717, 1.165) is 0 Å². The van der Waals surface area contributed by atoms with Gasteiger partial charge >= 0.3 is 0 Å². The van der Waals surface area contributed by atoms with Gasteiger partial charge in [0, 0.05) is 6.42 Å². The zero-order chi connectivity index (χ0) is 8.65. The van der Waals surface area contributed by atoms with E-state index in [-0.39, 0.29) is 23.4 Å². The fraction of sp³-hybridized carbons (Fsp3) is 0.889. The molecular weight excluding hydrogens is 140 g/mol. The highest BCUT2D eigenvalue weighted by molar-refractivity contribution is 5.86. The SMILES string of the molecule is C[C@@H]1O[C@@H]1C(=O)CC(C)(C)C. The quantitative estimate of drug-likeness (QED) is 0.570. The summed E-state index contributed by atoms with van der Waals surface area (Å²) in [4.78, 5) is 11.3. The van der Waals surface area contributed by atoms with E-state index in [1.807, 2.05) is 6.92 Å². The average Bonchev–Trinajstić information content (AvgIpc) is 2.41. The number of hydrogen-bond acceptors (Lipinski definition) is 2. The van der Waals surface area contributed by atoms with Gasteiger partial charge in [0.25, 0.3) is 0 Å². The molecule has 0 aromatic heterocycles. The third kappa shape index (κ3) is 2.62. The Morgan fingerprint density at radius 3 is 2.18 bits per heavy atom. The van der Waals surface area contributed by atoms with E-state index in [1.165, 1.54) is 0 Å². The van der Waals surface area contributed by atoms with Crippen molar-refractivity contribution in [3.05, 3.63) is 0 Å². The summed E-state index contributed by atoms with van der Waals surface area (Å²) < 4.78 is 5.07. The van der Waals surface area contributed by atoms with E-state index < -0.39 is 0 Å². The van der Waals surface area contributed by atoms with Gasteiger partial charge in [-0.15, -0.1) is 0 Å². The third-order valence-electron chi connectivity index (χ3n) is 1.73. The molecule has 11 heavy (non-hydrogen) atoms. The van der Waals surface area contributed by atoms with Crippen molar-refractivity contribution in [3.63, 3.8) is 0 Å². The lowest BCUT2D eigenvalue weighted by molar-refractivity contribution is -0.121. The fourth-order valence-corrected chi connectivity index (χ4v) is 1.15. The molecule has 0 bridgehead atoms. The smallest absolute Gasteiger partial charge is 0.164 e. The first-order valence-corrected chi connectivity index (χ1v) is 4.08. The van der Waals surface area contributed by atoms with Gasteiger partial charge in [-0.05, 0) is 12.3 Å². The third-order valence-corrected chi connectivity index (χ3v) is 1.73. The molecule has 0 amide bonds. The van der Waals surface area contributed by atoms with Crippen molar-refractivity contribution in [1.82, 2.24) is 0 Å². The highest BCUT2D eigenvalue weighted by Crippen LogP contribution is 2.28. The molecule has 2 atom stereocenters. The van der Waals surface area contributed by atoms with Crippen LogP contribution in [-0.4, -0.2) is 18.0 Å². The van der Waals surface area contributed by atoms with Crippen molar-refractivity contribution < 1.29 is 9.53 Å². The van der Waals surface area contributed by atoms with Crippen molar-refractivity contribution in [1.29, 1.82) is 0 Å². The Bertz CT molecular complexity index is 167. The lowest BCUT2D eigenvalue weighted by atomic mass is 9.89. The zero-order valence-electron chi connectivity index (χ0n) is 7.68. The van der Waals surface area contributed by atoms with Gasteiger partial charge in [-0.3, -0.25) is 4.79 Å². The molecule has 0 aromatic carbocycles. The average molecular weight is 156 g/mol. The Hall–Kier alpha value is -0.370. The normalized spacial score (nSPS) is 30.2. The van der Waals surface area contributed by atoms with E-state index in [9.17, 15) is 4.79 Å². The predicted molar refractivity (Wildman–Crippen MR) is 43.4 cm³/mol. The van der Waals surface area contributed by atoms with Crippen molar-refractivity contribution in [2.24, 2.45) is 5.41 Å². The molecule has 64 valence electrons. The maximum absolute atomic E-state index is 11.3. The molecule has 2 heteroatoms. The Morgan fingerprint density at radius 1 is 1.45 bits per heavy atom. The first kappa shape index (κ1) is 8.72. The summed E-state index contributed by atoms with van der Waals surface area (Å²) in [5, 5.41) is 0. The van der Waals surface area contributed by atoms with Crippen LogP contribution < -0.4 is 0 Å². The van der Waals surface area contributed by atoms with E-state index in [1.54, 1.807) is 0 Å². The molecule has 1 aliphatic heterocycles. The number of ether oxygens (including phenoxy) is 1. The van der Waals surface area contributed by atoms with Crippen molar-refractivity contribution in [3.8, 4) is 0 Å². The second kappa shape index (κ2) is 2.59. The van der Waals surface area contributed by atoms with Gasteiger partial charge in [0.1, 0.15) is 6.10 Å². The summed E-state index contributed by atoms with van der Waals surface area (Å²) in [6.07, 6.45) is 0.709. The van der Waals surface area contributed by atoms with Gasteiger partial charge in [0.2, 0.25) is 0 Å². The van der Waals surface area contributed by atoms with Crippen molar-refractivity contribution in [2.75, 3.05) is 0 Å². The van der Waals surface area contributed by atoms with E-state index >= 15 is 0 Å². The number of ketones is 1. The summed E-state index contributed by atoms with van der Waals surface area (Å²) in [5.41, 5.74) is 0.1000. The van der Waals surface area contributed by atoms with Crippen LogP contribution in [0.25, 0.3) is 0 Å². The molecular formula is C9H16O2. The highest BCUT2D eigenvalue weighted by atomic mass is 16.6. The fourth-order valence-electron chi connectivity index (χ4n) is 1.15. The number of rotatable bonds is 2. The van der Waals surface area contributed by atoms with Gasteiger partial charge in [-0.25, -0.2) is 0 Å². The van der Waals surface area contributed by atoms with E-state index in [0.29, 0.717) is 6.42 Å². The molecule has 0 N–H and O–H groups in total.